The summed E-state index contributed by atoms with van der Waals surface area (Å²) in [6.45, 7) is 4.27. The first kappa shape index (κ1) is 16.3. The van der Waals surface area contributed by atoms with Gasteiger partial charge in [0.15, 0.2) is 0 Å². The average molecular weight is 319 g/mol. The number of quaternary nitrogens is 1. The lowest BCUT2D eigenvalue weighted by atomic mass is 9.95. The topological polar surface area (TPSA) is 63.0 Å². The second kappa shape index (κ2) is 7.79. The highest BCUT2D eigenvalue weighted by atomic mass is 16.5. The molecule has 2 fully saturated rings. The fraction of sp³-hybridized carbons (Fsp3) is 0.611. The van der Waals surface area contributed by atoms with E-state index in [2.05, 4.69) is 5.32 Å². The first-order valence-corrected chi connectivity index (χ1v) is 8.72. The summed E-state index contributed by atoms with van der Waals surface area (Å²) in [5.41, 5.74) is 0.990. The molecule has 126 valence electrons. The summed E-state index contributed by atoms with van der Waals surface area (Å²) < 4.78 is 5.54. The van der Waals surface area contributed by atoms with E-state index in [4.69, 9.17) is 4.74 Å². The van der Waals surface area contributed by atoms with Gasteiger partial charge in [0, 0.05) is 37.5 Å². The van der Waals surface area contributed by atoms with Gasteiger partial charge in [-0.25, -0.2) is 0 Å². The highest BCUT2D eigenvalue weighted by Gasteiger charge is 2.28. The van der Waals surface area contributed by atoms with Gasteiger partial charge in [0.1, 0.15) is 12.3 Å². The Morgan fingerprint density at radius 3 is 2.74 bits per heavy atom. The van der Waals surface area contributed by atoms with E-state index >= 15 is 0 Å². The Balaban J connectivity index is 1.41. The van der Waals surface area contributed by atoms with Crippen LogP contribution in [0.5, 0.6) is 5.75 Å². The van der Waals surface area contributed by atoms with Crippen LogP contribution in [0.1, 0.15) is 31.2 Å². The summed E-state index contributed by atoms with van der Waals surface area (Å²) in [7, 11) is 0. The molecule has 3 N–H and O–H groups in total. The number of carbonyl (C=O) groups excluding carboxylic acids is 1. The fourth-order valence-corrected chi connectivity index (χ4v) is 3.56. The van der Waals surface area contributed by atoms with Gasteiger partial charge in [-0.2, -0.15) is 0 Å². The molecular formula is C18H27N2O3+. The summed E-state index contributed by atoms with van der Waals surface area (Å²) in [6, 6.07) is 7.52. The van der Waals surface area contributed by atoms with Crippen LogP contribution in [0.4, 0.5) is 0 Å². The first-order valence-electron chi connectivity index (χ1n) is 8.72. The molecule has 2 saturated heterocycles. The number of hydrogen-bond donors (Lipinski definition) is 3. The van der Waals surface area contributed by atoms with E-state index in [9.17, 15) is 9.90 Å². The van der Waals surface area contributed by atoms with Gasteiger partial charge in [-0.15, -0.1) is 0 Å². The molecule has 5 nitrogen and oxygen atoms in total. The lowest BCUT2D eigenvalue weighted by molar-refractivity contribution is -0.919. The van der Waals surface area contributed by atoms with E-state index in [0.717, 1.165) is 57.5 Å². The number of phenols is 1. The number of benzene rings is 1. The molecule has 0 saturated carbocycles. The van der Waals surface area contributed by atoms with Crippen molar-refractivity contribution < 1.29 is 19.5 Å². The molecule has 5 heteroatoms. The molecular weight excluding hydrogens is 292 g/mol. The Hall–Kier alpha value is -1.59. The molecule has 2 heterocycles. The predicted molar refractivity (Wildman–Crippen MR) is 87.2 cm³/mol. The van der Waals surface area contributed by atoms with Gasteiger partial charge in [-0.3, -0.25) is 4.79 Å². The maximum absolute atomic E-state index is 12.3. The maximum atomic E-state index is 12.3. The van der Waals surface area contributed by atoms with E-state index in [-0.39, 0.29) is 17.9 Å². The van der Waals surface area contributed by atoms with Crippen LogP contribution < -0.4 is 10.2 Å². The maximum Gasteiger partial charge on any atom is 0.223 e. The summed E-state index contributed by atoms with van der Waals surface area (Å²) >= 11 is 0. The molecule has 1 atom stereocenters. The molecule has 2 aliphatic rings. The lowest BCUT2D eigenvalue weighted by Gasteiger charge is -2.29. The third-order valence-electron chi connectivity index (χ3n) is 5.02. The third kappa shape index (κ3) is 4.45. The molecule has 0 unspecified atom stereocenters. The van der Waals surface area contributed by atoms with Gasteiger partial charge in [0.25, 0.3) is 0 Å². The van der Waals surface area contributed by atoms with Crippen molar-refractivity contribution in [3.63, 3.8) is 0 Å². The Bertz CT molecular complexity index is 521. The van der Waals surface area contributed by atoms with Gasteiger partial charge in [-0.05, 0) is 25.0 Å². The summed E-state index contributed by atoms with van der Waals surface area (Å²) in [4.78, 5) is 13.7. The summed E-state index contributed by atoms with van der Waals surface area (Å²) in [5, 5.41) is 12.9. The zero-order chi connectivity index (χ0) is 16.1. The van der Waals surface area contributed by atoms with E-state index in [1.165, 1.54) is 4.90 Å². The van der Waals surface area contributed by atoms with Crippen LogP contribution >= 0.6 is 0 Å². The number of aromatic hydroxyl groups is 1. The number of amides is 1. The van der Waals surface area contributed by atoms with Crippen LogP contribution in [0, 0.1) is 5.92 Å². The van der Waals surface area contributed by atoms with E-state index in [0.29, 0.717) is 12.3 Å². The van der Waals surface area contributed by atoms with Gasteiger partial charge >= 0.3 is 0 Å². The Kier molecular flexibility index (Phi) is 5.51. The minimum absolute atomic E-state index is 0.129. The number of para-hydroxylation sites is 1. The number of likely N-dealkylation sites (tertiary alicyclic amines) is 1. The van der Waals surface area contributed by atoms with Crippen molar-refractivity contribution in [3.05, 3.63) is 29.8 Å². The lowest BCUT2D eigenvalue weighted by Crippen LogP contribution is -3.11. The Labute approximate surface area is 137 Å². The molecule has 0 aromatic heterocycles. The molecule has 0 aliphatic carbocycles. The van der Waals surface area contributed by atoms with Crippen molar-refractivity contribution in [2.24, 2.45) is 5.92 Å². The zero-order valence-corrected chi connectivity index (χ0v) is 13.6. The third-order valence-corrected chi connectivity index (χ3v) is 5.02. The molecule has 1 aromatic carbocycles. The standard InChI is InChI=1S/C18H26N2O3/c21-17-6-2-1-4-15(17)13-20-9-7-14(8-10-20)18(22)19-12-16-5-3-11-23-16/h1-2,4,6,14,16,21H,3,5,7-13H2,(H,19,22)/p+1/t16-/m0/s1. The molecule has 0 radical (unpaired) electrons. The van der Waals surface area contributed by atoms with Crippen LogP contribution in [0.25, 0.3) is 0 Å². The number of piperidine rings is 1. The van der Waals surface area contributed by atoms with Crippen molar-refractivity contribution in [1.29, 1.82) is 0 Å². The fourth-order valence-electron chi connectivity index (χ4n) is 3.56. The van der Waals surface area contributed by atoms with Gasteiger partial charge in [0.05, 0.1) is 19.2 Å². The highest BCUT2D eigenvalue weighted by Crippen LogP contribution is 2.16. The minimum Gasteiger partial charge on any atom is -0.507 e. The second-order valence-electron chi connectivity index (χ2n) is 6.71. The van der Waals surface area contributed by atoms with Crippen molar-refractivity contribution in [3.8, 4) is 5.75 Å². The van der Waals surface area contributed by atoms with Gasteiger partial charge < -0.3 is 20.1 Å². The molecule has 0 bridgehead atoms. The van der Waals surface area contributed by atoms with Crippen LogP contribution in [0.15, 0.2) is 24.3 Å². The highest BCUT2D eigenvalue weighted by molar-refractivity contribution is 5.78. The second-order valence-corrected chi connectivity index (χ2v) is 6.71. The van der Waals surface area contributed by atoms with Crippen molar-refractivity contribution in [1.82, 2.24) is 5.32 Å². The van der Waals surface area contributed by atoms with E-state index < -0.39 is 0 Å². The zero-order valence-electron chi connectivity index (χ0n) is 13.6. The SMILES string of the molecule is O=C(NC[C@@H]1CCCO1)C1CC[NH+](Cc2ccccc2O)CC1. The summed E-state index contributed by atoms with van der Waals surface area (Å²) in [5.74, 6) is 0.683. The Morgan fingerprint density at radius 2 is 2.04 bits per heavy atom. The predicted octanol–water partition coefficient (Wildman–Crippen LogP) is 0.482. The monoisotopic (exact) mass is 319 g/mol. The van der Waals surface area contributed by atoms with Crippen LogP contribution in [0.3, 0.4) is 0 Å². The van der Waals surface area contributed by atoms with E-state index in [1.54, 1.807) is 6.07 Å². The van der Waals surface area contributed by atoms with E-state index in [1.807, 2.05) is 18.2 Å². The Morgan fingerprint density at radius 1 is 1.26 bits per heavy atom. The average Bonchev–Trinajstić information content (AvgIpc) is 3.09. The molecule has 0 spiro atoms. The van der Waals surface area contributed by atoms with Crippen molar-refractivity contribution >= 4 is 5.91 Å². The molecule has 1 amide bonds. The molecule has 1 aromatic rings. The number of hydrogen-bond acceptors (Lipinski definition) is 3. The van der Waals surface area contributed by atoms with Crippen molar-refractivity contribution in [2.45, 2.75) is 38.3 Å². The smallest absolute Gasteiger partial charge is 0.223 e. The number of phenolic OH excluding ortho intramolecular Hbond substituents is 1. The van der Waals surface area contributed by atoms with Gasteiger partial charge in [0.2, 0.25) is 5.91 Å². The quantitative estimate of drug-likeness (QED) is 0.740. The van der Waals surface area contributed by atoms with Crippen LogP contribution in [-0.4, -0.2) is 43.4 Å². The number of nitrogens with one attached hydrogen (secondary N) is 2. The number of carbonyl (C=O) groups is 1. The molecule has 23 heavy (non-hydrogen) atoms. The van der Waals surface area contributed by atoms with Crippen LogP contribution in [0.2, 0.25) is 0 Å². The van der Waals surface area contributed by atoms with Crippen LogP contribution in [-0.2, 0) is 16.1 Å². The largest absolute Gasteiger partial charge is 0.507 e. The normalized spacial score (nSPS) is 27.7. The molecule has 2 aliphatic heterocycles. The minimum atomic E-state index is 0.129. The van der Waals surface area contributed by atoms with Gasteiger partial charge in [-0.1, -0.05) is 12.1 Å². The summed E-state index contributed by atoms with van der Waals surface area (Å²) in [6.07, 6.45) is 4.21. The number of rotatable bonds is 5. The van der Waals surface area contributed by atoms with Crippen molar-refractivity contribution in [2.75, 3.05) is 26.2 Å². The first-order chi connectivity index (χ1) is 11.2. The molecule has 3 rings (SSSR count). The number of ether oxygens (including phenoxy) is 1.